The molecule has 5 rings (SSSR count). The fraction of sp³-hybridized carbons (Fsp3) is 0.423. The van der Waals surface area contributed by atoms with Gasteiger partial charge in [0.15, 0.2) is 0 Å². The van der Waals surface area contributed by atoms with Gasteiger partial charge in [-0.3, -0.25) is 24.2 Å². The minimum Gasteiger partial charge on any atom is -0.336 e. The molecule has 2 aliphatic heterocycles. The first-order chi connectivity index (χ1) is 15.6. The molecule has 2 heterocycles. The first kappa shape index (κ1) is 20.9. The van der Waals surface area contributed by atoms with Crippen LogP contribution in [0, 0.1) is 11.8 Å². The van der Waals surface area contributed by atoms with Crippen LogP contribution in [0.1, 0.15) is 41.6 Å². The second-order valence-corrected chi connectivity index (χ2v) is 9.11. The van der Waals surface area contributed by atoms with Crippen molar-refractivity contribution in [1.82, 2.24) is 9.80 Å². The average molecular weight is 432 g/mol. The van der Waals surface area contributed by atoms with Gasteiger partial charge in [0.25, 0.3) is 5.91 Å². The Morgan fingerprint density at radius 3 is 1.97 bits per heavy atom. The van der Waals surface area contributed by atoms with Gasteiger partial charge in [-0.2, -0.15) is 0 Å². The van der Waals surface area contributed by atoms with Crippen LogP contribution in [0.15, 0.2) is 54.6 Å². The number of amides is 3. The van der Waals surface area contributed by atoms with E-state index in [1.165, 1.54) is 10.5 Å². The minimum atomic E-state index is -0.162. The average Bonchev–Trinajstić information content (AvgIpc) is 3.10. The molecule has 0 spiro atoms. The summed E-state index contributed by atoms with van der Waals surface area (Å²) in [5.74, 6) is -0.472. The maximum absolute atomic E-state index is 13.0. The lowest BCUT2D eigenvalue weighted by atomic mass is 9.81. The number of piperazine rings is 1. The predicted molar refractivity (Wildman–Crippen MR) is 122 cm³/mol. The van der Waals surface area contributed by atoms with Crippen LogP contribution in [0.3, 0.4) is 0 Å². The van der Waals surface area contributed by atoms with Gasteiger partial charge < -0.3 is 4.90 Å². The van der Waals surface area contributed by atoms with Gasteiger partial charge in [0, 0.05) is 38.3 Å². The van der Waals surface area contributed by atoms with Crippen molar-refractivity contribution in [2.75, 3.05) is 31.1 Å². The first-order valence-electron chi connectivity index (χ1n) is 11.7. The van der Waals surface area contributed by atoms with Gasteiger partial charge in [-0.1, -0.05) is 43.2 Å². The Kier molecular flexibility index (Phi) is 5.79. The van der Waals surface area contributed by atoms with Gasteiger partial charge in [-0.15, -0.1) is 0 Å². The molecule has 1 saturated carbocycles. The van der Waals surface area contributed by atoms with Crippen molar-refractivity contribution in [2.24, 2.45) is 11.8 Å². The van der Waals surface area contributed by atoms with Crippen LogP contribution in [0.5, 0.6) is 0 Å². The van der Waals surface area contributed by atoms with Crippen molar-refractivity contribution in [1.29, 1.82) is 0 Å². The van der Waals surface area contributed by atoms with E-state index in [1.807, 2.05) is 11.0 Å². The Morgan fingerprint density at radius 2 is 1.38 bits per heavy atom. The highest BCUT2D eigenvalue weighted by molar-refractivity contribution is 6.22. The molecule has 2 atom stereocenters. The van der Waals surface area contributed by atoms with Crippen molar-refractivity contribution in [2.45, 2.75) is 32.2 Å². The predicted octanol–water partition coefficient (Wildman–Crippen LogP) is 3.32. The Hall–Kier alpha value is -2.99. The molecule has 3 fully saturated rings. The van der Waals surface area contributed by atoms with Crippen LogP contribution in [-0.4, -0.2) is 53.7 Å². The Morgan fingerprint density at radius 1 is 0.781 bits per heavy atom. The number of carbonyl (C=O) groups is 3. The van der Waals surface area contributed by atoms with Crippen LogP contribution in [0.4, 0.5) is 5.69 Å². The van der Waals surface area contributed by atoms with Gasteiger partial charge in [-0.05, 0) is 42.7 Å². The molecule has 166 valence electrons. The fourth-order valence-corrected chi connectivity index (χ4v) is 5.30. The molecule has 3 aliphatic rings. The third-order valence-electron chi connectivity index (χ3n) is 7.12. The van der Waals surface area contributed by atoms with Gasteiger partial charge in [-0.25, -0.2) is 0 Å². The van der Waals surface area contributed by atoms with Crippen molar-refractivity contribution in [3.05, 3.63) is 65.7 Å². The number of hydrogen-bond donors (Lipinski definition) is 0. The zero-order valence-corrected chi connectivity index (χ0v) is 18.3. The lowest BCUT2D eigenvalue weighted by Crippen LogP contribution is -2.48. The molecule has 3 amide bonds. The largest absolute Gasteiger partial charge is 0.336 e. The SMILES string of the molecule is O=C(c1ccc(N2C(=O)[C@H]3CCCC[C@@H]3C2=O)cc1)N1CCN(Cc2ccccc2)CC1. The molecule has 0 bridgehead atoms. The molecule has 2 aromatic carbocycles. The van der Waals surface area contributed by atoms with Gasteiger partial charge in [0.1, 0.15) is 0 Å². The monoisotopic (exact) mass is 431 g/mol. The zero-order chi connectivity index (χ0) is 22.1. The number of carbonyl (C=O) groups excluding carboxylic acids is 3. The van der Waals surface area contributed by atoms with Crippen molar-refractivity contribution < 1.29 is 14.4 Å². The first-order valence-corrected chi connectivity index (χ1v) is 11.7. The second-order valence-electron chi connectivity index (χ2n) is 9.11. The van der Waals surface area contributed by atoms with Gasteiger partial charge in [0.2, 0.25) is 11.8 Å². The van der Waals surface area contributed by atoms with Gasteiger partial charge in [0.05, 0.1) is 17.5 Å². The molecule has 0 radical (unpaired) electrons. The maximum atomic E-state index is 13.0. The zero-order valence-electron chi connectivity index (χ0n) is 18.3. The maximum Gasteiger partial charge on any atom is 0.253 e. The second kappa shape index (κ2) is 8.87. The normalized spacial score (nSPS) is 24.0. The van der Waals surface area contributed by atoms with E-state index in [-0.39, 0.29) is 29.6 Å². The number of benzene rings is 2. The molecule has 1 aliphatic carbocycles. The number of imide groups is 1. The van der Waals surface area contributed by atoms with E-state index in [2.05, 4.69) is 29.2 Å². The summed E-state index contributed by atoms with van der Waals surface area (Å²) >= 11 is 0. The topological polar surface area (TPSA) is 60.9 Å². The molecule has 2 saturated heterocycles. The Balaban J connectivity index is 1.21. The standard InChI is InChI=1S/C26H29N3O3/c30-24(28-16-14-27(15-17-28)18-19-6-2-1-3-7-19)20-10-12-21(13-11-20)29-25(31)22-8-4-5-9-23(22)26(29)32/h1-3,6-7,10-13,22-23H,4-5,8-9,14-18H2/t22-,23-/m0/s1. The third kappa shape index (κ3) is 3.95. The van der Waals surface area contributed by atoms with E-state index in [1.54, 1.807) is 24.3 Å². The highest BCUT2D eigenvalue weighted by Crippen LogP contribution is 2.40. The van der Waals surface area contributed by atoms with E-state index in [0.717, 1.165) is 45.3 Å². The van der Waals surface area contributed by atoms with Crippen LogP contribution >= 0.6 is 0 Å². The Bertz CT molecular complexity index is 973. The summed E-state index contributed by atoms with van der Waals surface area (Å²) in [7, 11) is 0. The minimum absolute atomic E-state index is 0.00338. The molecule has 6 heteroatoms. The van der Waals surface area contributed by atoms with E-state index < -0.39 is 0 Å². The van der Waals surface area contributed by atoms with Crippen LogP contribution in [-0.2, 0) is 16.1 Å². The lowest BCUT2D eigenvalue weighted by molar-refractivity contribution is -0.122. The highest BCUT2D eigenvalue weighted by Gasteiger charge is 2.48. The van der Waals surface area contributed by atoms with E-state index >= 15 is 0 Å². The fourth-order valence-electron chi connectivity index (χ4n) is 5.30. The molecular formula is C26H29N3O3. The summed E-state index contributed by atoms with van der Waals surface area (Å²) in [6.45, 7) is 3.98. The summed E-state index contributed by atoms with van der Waals surface area (Å²) in [6, 6.07) is 17.4. The van der Waals surface area contributed by atoms with Crippen molar-refractivity contribution in [3.8, 4) is 0 Å². The summed E-state index contributed by atoms with van der Waals surface area (Å²) in [4.78, 5) is 44.2. The molecule has 0 aromatic heterocycles. The molecule has 2 aromatic rings. The third-order valence-corrected chi connectivity index (χ3v) is 7.12. The molecule has 0 unspecified atom stereocenters. The molecule has 6 nitrogen and oxygen atoms in total. The number of nitrogens with zero attached hydrogens (tertiary/aromatic N) is 3. The number of anilines is 1. The van der Waals surface area contributed by atoms with Crippen LogP contribution in [0.2, 0.25) is 0 Å². The molecular weight excluding hydrogens is 402 g/mol. The summed E-state index contributed by atoms with van der Waals surface area (Å²) in [6.07, 6.45) is 3.64. The Labute approximate surface area is 188 Å². The summed E-state index contributed by atoms with van der Waals surface area (Å²) in [5.41, 5.74) is 2.47. The van der Waals surface area contributed by atoms with E-state index in [0.29, 0.717) is 24.3 Å². The van der Waals surface area contributed by atoms with E-state index in [4.69, 9.17) is 0 Å². The molecule has 0 N–H and O–H groups in total. The van der Waals surface area contributed by atoms with Crippen molar-refractivity contribution in [3.63, 3.8) is 0 Å². The molecule has 32 heavy (non-hydrogen) atoms. The number of rotatable bonds is 4. The van der Waals surface area contributed by atoms with Gasteiger partial charge >= 0.3 is 0 Å². The van der Waals surface area contributed by atoms with E-state index in [9.17, 15) is 14.4 Å². The quantitative estimate of drug-likeness (QED) is 0.697. The smallest absolute Gasteiger partial charge is 0.253 e. The van der Waals surface area contributed by atoms with Crippen molar-refractivity contribution >= 4 is 23.4 Å². The summed E-state index contributed by atoms with van der Waals surface area (Å²) in [5, 5.41) is 0. The summed E-state index contributed by atoms with van der Waals surface area (Å²) < 4.78 is 0. The van der Waals surface area contributed by atoms with Crippen LogP contribution in [0.25, 0.3) is 0 Å². The number of hydrogen-bond acceptors (Lipinski definition) is 4. The highest BCUT2D eigenvalue weighted by atomic mass is 16.2. The lowest BCUT2D eigenvalue weighted by Gasteiger charge is -2.34. The number of fused-ring (bicyclic) bond motifs is 1. The van der Waals surface area contributed by atoms with Crippen LogP contribution < -0.4 is 4.90 Å².